The summed E-state index contributed by atoms with van der Waals surface area (Å²) in [5.41, 5.74) is 2.18. The molecule has 1 aromatic rings. The molecule has 1 heteroatoms. The normalized spacial score (nSPS) is 13.6. The van der Waals surface area contributed by atoms with Gasteiger partial charge in [-0.05, 0) is 24.0 Å². The zero-order valence-corrected chi connectivity index (χ0v) is 9.44. The van der Waals surface area contributed by atoms with E-state index in [0.29, 0.717) is 5.92 Å². The summed E-state index contributed by atoms with van der Waals surface area (Å²) in [6, 6.07) is 10.3. The summed E-state index contributed by atoms with van der Waals surface area (Å²) < 4.78 is 0. The Bertz CT molecular complexity index is 324. The quantitative estimate of drug-likeness (QED) is 0.525. The maximum atomic E-state index is 10.8. The van der Waals surface area contributed by atoms with Gasteiger partial charge < -0.3 is 0 Å². The maximum Gasteiger partial charge on any atom is 0.145 e. The number of allylic oxidation sites excluding steroid dienone is 2. The van der Waals surface area contributed by atoms with E-state index in [1.165, 1.54) is 5.56 Å². The number of benzene rings is 1. The number of aldehydes is 1. The Labute approximate surface area is 91.8 Å². The third-order valence-electron chi connectivity index (χ3n) is 2.64. The topological polar surface area (TPSA) is 17.1 Å². The Morgan fingerprint density at radius 3 is 2.40 bits per heavy atom. The van der Waals surface area contributed by atoms with Gasteiger partial charge in [-0.2, -0.15) is 0 Å². The fraction of sp³-hybridized carbons (Fsp3) is 0.357. The van der Waals surface area contributed by atoms with Crippen LogP contribution in [0.2, 0.25) is 0 Å². The molecule has 0 aliphatic rings. The maximum absolute atomic E-state index is 10.8. The molecule has 1 aromatic carbocycles. The van der Waals surface area contributed by atoms with Crippen LogP contribution >= 0.6 is 0 Å². The number of rotatable bonds is 5. The second-order valence-electron chi connectivity index (χ2n) is 3.64. The average molecular weight is 202 g/mol. The molecule has 80 valence electrons. The minimum Gasteiger partial charge on any atom is -0.298 e. The van der Waals surface area contributed by atoms with Crippen molar-refractivity contribution in [2.24, 2.45) is 0 Å². The Balaban J connectivity index is 2.90. The van der Waals surface area contributed by atoms with Crippen LogP contribution in [0.5, 0.6) is 0 Å². The van der Waals surface area contributed by atoms with Crippen LogP contribution in [-0.2, 0) is 4.79 Å². The molecule has 1 atom stereocenters. The number of carbonyl (C=O) groups is 1. The molecule has 0 amide bonds. The Morgan fingerprint density at radius 1 is 1.27 bits per heavy atom. The van der Waals surface area contributed by atoms with E-state index in [1.807, 2.05) is 25.1 Å². The van der Waals surface area contributed by atoms with Crippen molar-refractivity contribution in [2.75, 3.05) is 0 Å². The molecule has 0 aromatic heterocycles. The fourth-order valence-corrected chi connectivity index (χ4v) is 1.65. The van der Waals surface area contributed by atoms with E-state index in [4.69, 9.17) is 0 Å². The van der Waals surface area contributed by atoms with Crippen LogP contribution in [0.15, 0.2) is 42.0 Å². The molecule has 0 saturated heterocycles. The van der Waals surface area contributed by atoms with Crippen LogP contribution in [0, 0.1) is 0 Å². The lowest BCUT2D eigenvalue weighted by atomic mass is 9.94. The molecule has 1 nitrogen and oxygen atoms in total. The van der Waals surface area contributed by atoms with Crippen molar-refractivity contribution < 1.29 is 4.79 Å². The van der Waals surface area contributed by atoms with Crippen molar-refractivity contribution in [3.05, 3.63) is 47.5 Å². The van der Waals surface area contributed by atoms with Gasteiger partial charge >= 0.3 is 0 Å². The van der Waals surface area contributed by atoms with Gasteiger partial charge in [-0.1, -0.05) is 50.3 Å². The monoisotopic (exact) mass is 202 g/mol. The van der Waals surface area contributed by atoms with E-state index in [2.05, 4.69) is 25.1 Å². The standard InChI is InChI=1S/C14H18O/c1-3-12(11-15)10-13(4-2)14-8-6-5-7-9-14/h5-11,13H,3-4H2,1-2H3/b12-10+. The third-order valence-corrected chi connectivity index (χ3v) is 2.64. The zero-order chi connectivity index (χ0) is 11.1. The van der Waals surface area contributed by atoms with Crippen molar-refractivity contribution in [3.8, 4) is 0 Å². The molecule has 0 bridgehead atoms. The molecule has 0 spiro atoms. The largest absolute Gasteiger partial charge is 0.298 e. The van der Waals surface area contributed by atoms with E-state index in [-0.39, 0.29) is 0 Å². The van der Waals surface area contributed by atoms with Crippen LogP contribution in [0.25, 0.3) is 0 Å². The summed E-state index contributed by atoms with van der Waals surface area (Å²) in [6.45, 7) is 4.16. The van der Waals surface area contributed by atoms with E-state index in [1.54, 1.807) is 0 Å². The first-order valence-electron chi connectivity index (χ1n) is 5.52. The van der Waals surface area contributed by atoms with Gasteiger partial charge in [-0.3, -0.25) is 4.79 Å². The Hall–Kier alpha value is -1.37. The average Bonchev–Trinajstić information content (AvgIpc) is 2.32. The van der Waals surface area contributed by atoms with Crippen molar-refractivity contribution in [3.63, 3.8) is 0 Å². The number of carbonyl (C=O) groups excluding carboxylic acids is 1. The number of hydrogen-bond donors (Lipinski definition) is 0. The first-order chi connectivity index (χ1) is 7.31. The molecule has 1 rings (SSSR count). The van der Waals surface area contributed by atoms with Gasteiger partial charge in [0, 0.05) is 5.92 Å². The van der Waals surface area contributed by atoms with E-state index >= 15 is 0 Å². The van der Waals surface area contributed by atoms with Crippen LogP contribution in [0.4, 0.5) is 0 Å². The second kappa shape index (κ2) is 6.18. The highest BCUT2D eigenvalue weighted by atomic mass is 16.1. The summed E-state index contributed by atoms with van der Waals surface area (Å²) in [5, 5.41) is 0. The first-order valence-corrected chi connectivity index (χ1v) is 5.52. The van der Waals surface area contributed by atoms with Crippen molar-refractivity contribution in [1.29, 1.82) is 0 Å². The van der Waals surface area contributed by atoms with Gasteiger partial charge in [-0.25, -0.2) is 0 Å². The van der Waals surface area contributed by atoms with Crippen LogP contribution in [0.3, 0.4) is 0 Å². The highest BCUT2D eigenvalue weighted by Crippen LogP contribution is 2.22. The predicted octanol–water partition coefficient (Wildman–Crippen LogP) is 3.72. The molecule has 0 heterocycles. The minimum atomic E-state index is 0.367. The van der Waals surface area contributed by atoms with Gasteiger partial charge in [0.1, 0.15) is 6.29 Å². The molecule has 0 aliphatic heterocycles. The Morgan fingerprint density at radius 2 is 1.93 bits per heavy atom. The lowest BCUT2D eigenvalue weighted by Gasteiger charge is -2.11. The van der Waals surface area contributed by atoms with Crippen molar-refractivity contribution in [1.82, 2.24) is 0 Å². The molecule has 1 unspecified atom stereocenters. The Kier molecular flexibility index (Phi) is 4.82. The van der Waals surface area contributed by atoms with Gasteiger partial charge in [0.2, 0.25) is 0 Å². The van der Waals surface area contributed by atoms with Crippen LogP contribution in [0.1, 0.15) is 38.2 Å². The summed E-state index contributed by atoms with van der Waals surface area (Å²) in [5.74, 6) is 0.367. The van der Waals surface area contributed by atoms with Gasteiger partial charge in [0.05, 0.1) is 0 Å². The summed E-state index contributed by atoms with van der Waals surface area (Å²) >= 11 is 0. The van der Waals surface area contributed by atoms with Gasteiger partial charge in [0.15, 0.2) is 0 Å². The molecule has 0 fully saturated rings. The minimum absolute atomic E-state index is 0.367. The smallest absolute Gasteiger partial charge is 0.145 e. The summed E-state index contributed by atoms with van der Waals surface area (Å²) in [4.78, 5) is 10.8. The molecule has 0 radical (unpaired) electrons. The van der Waals surface area contributed by atoms with Crippen LogP contribution < -0.4 is 0 Å². The lowest BCUT2D eigenvalue weighted by molar-refractivity contribution is -0.105. The molecule has 0 saturated carbocycles. The highest BCUT2D eigenvalue weighted by molar-refractivity contribution is 5.73. The molecule has 15 heavy (non-hydrogen) atoms. The molecular weight excluding hydrogens is 184 g/mol. The van der Waals surface area contributed by atoms with Crippen molar-refractivity contribution in [2.45, 2.75) is 32.6 Å². The van der Waals surface area contributed by atoms with E-state index < -0.39 is 0 Å². The zero-order valence-electron chi connectivity index (χ0n) is 9.44. The highest BCUT2D eigenvalue weighted by Gasteiger charge is 2.06. The van der Waals surface area contributed by atoms with Gasteiger partial charge in [-0.15, -0.1) is 0 Å². The molecule has 0 aliphatic carbocycles. The third kappa shape index (κ3) is 3.35. The SMILES string of the molecule is CC/C(C=O)=C\C(CC)c1ccccc1. The summed E-state index contributed by atoms with van der Waals surface area (Å²) in [7, 11) is 0. The lowest BCUT2D eigenvalue weighted by Crippen LogP contribution is -1.95. The van der Waals surface area contributed by atoms with Crippen molar-refractivity contribution >= 4 is 6.29 Å². The fourth-order valence-electron chi connectivity index (χ4n) is 1.65. The molecular formula is C14H18O. The van der Waals surface area contributed by atoms with E-state index in [9.17, 15) is 4.79 Å². The first kappa shape index (κ1) is 11.7. The van der Waals surface area contributed by atoms with E-state index in [0.717, 1.165) is 24.7 Å². The molecule has 0 N–H and O–H groups in total. The second-order valence-corrected chi connectivity index (χ2v) is 3.64. The number of hydrogen-bond acceptors (Lipinski definition) is 1. The predicted molar refractivity (Wildman–Crippen MR) is 63.9 cm³/mol. The van der Waals surface area contributed by atoms with Crippen LogP contribution in [-0.4, -0.2) is 6.29 Å². The summed E-state index contributed by atoms with van der Waals surface area (Å²) in [6.07, 6.45) is 4.89. The van der Waals surface area contributed by atoms with Gasteiger partial charge in [0.25, 0.3) is 0 Å².